The van der Waals surface area contributed by atoms with Crippen molar-refractivity contribution in [3.63, 3.8) is 0 Å². The van der Waals surface area contributed by atoms with E-state index in [2.05, 4.69) is 20.7 Å². The average Bonchev–Trinajstić information content (AvgIpc) is 2.03. The van der Waals surface area contributed by atoms with Gasteiger partial charge in [-0.05, 0) is 22.0 Å². The molecule has 80 valence electrons. The molecule has 6 heteroatoms. The van der Waals surface area contributed by atoms with Crippen LogP contribution in [0.2, 0.25) is 0 Å². The van der Waals surface area contributed by atoms with E-state index in [1.807, 2.05) is 0 Å². The fraction of sp³-hybridized carbons (Fsp3) is 0.500. The second-order valence-corrected chi connectivity index (χ2v) is 4.08. The van der Waals surface area contributed by atoms with Gasteiger partial charge in [-0.25, -0.2) is 8.78 Å². The number of halogens is 5. The Morgan fingerprint density at radius 3 is 2.43 bits per heavy atom. The lowest BCUT2D eigenvalue weighted by atomic mass is 10.1. The predicted molar refractivity (Wildman–Crippen MR) is 46.6 cm³/mol. The van der Waals surface area contributed by atoms with Crippen LogP contribution < -0.4 is 0 Å². The highest BCUT2D eigenvalue weighted by Crippen LogP contribution is 2.37. The molecule has 0 radical (unpaired) electrons. The van der Waals surface area contributed by atoms with Crippen molar-refractivity contribution in [1.82, 2.24) is 0 Å². The molecule has 1 rings (SSSR count). The lowest BCUT2D eigenvalue weighted by Crippen LogP contribution is -2.39. The fourth-order valence-electron chi connectivity index (χ4n) is 0.921. The molecule has 0 heterocycles. The minimum absolute atomic E-state index is 0.0752. The van der Waals surface area contributed by atoms with Crippen molar-refractivity contribution in [3.8, 4) is 0 Å². The number of hydrogen-bond donors (Lipinski definition) is 0. The van der Waals surface area contributed by atoms with Crippen molar-refractivity contribution >= 4 is 15.9 Å². The van der Waals surface area contributed by atoms with Crippen LogP contribution in [0.15, 0.2) is 24.3 Å². The van der Waals surface area contributed by atoms with Crippen LogP contribution in [0.1, 0.15) is 6.42 Å². The molecule has 0 saturated carbocycles. The molecule has 0 aromatic rings. The number of rotatable bonds is 3. The van der Waals surface area contributed by atoms with Crippen LogP contribution in [0.25, 0.3) is 0 Å². The highest BCUT2D eigenvalue weighted by molar-refractivity contribution is 9.10. The van der Waals surface area contributed by atoms with E-state index in [0.29, 0.717) is 0 Å². The zero-order valence-electron chi connectivity index (χ0n) is 6.89. The molecular formula is C8H7BrF4O. The predicted octanol–water partition coefficient (Wildman–Crippen LogP) is 3.47. The Bertz CT molecular complexity index is 264. The standard InChI is InChI=1S/C8H7BrF4O/c9-7(4-2-1-3-5-7)14-8(12,13)6(10)11/h1-4,6H,5H2. The zero-order valence-corrected chi connectivity index (χ0v) is 8.48. The molecule has 0 saturated heterocycles. The zero-order chi connectivity index (χ0) is 10.8. The van der Waals surface area contributed by atoms with E-state index < -0.39 is 17.0 Å². The van der Waals surface area contributed by atoms with Crippen LogP contribution in [-0.2, 0) is 4.74 Å². The van der Waals surface area contributed by atoms with Crippen LogP contribution in [0.5, 0.6) is 0 Å². The summed E-state index contributed by atoms with van der Waals surface area (Å²) in [6.07, 6.45) is -2.36. The first-order chi connectivity index (χ1) is 6.36. The van der Waals surface area contributed by atoms with Crippen molar-refractivity contribution in [3.05, 3.63) is 24.3 Å². The fourth-order valence-corrected chi connectivity index (χ4v) is 1.48. The monoisotopic (exact) mass is 274 g/mol. The van der Waals surface area contributed by atoms with Crippen molar-refractivity contribution in [2.45, 2.75) is 23.5 Å². The molecule has 0 aromatic carbocycles. The van der Waals surface area contributed by atoms with Gasteiger partial charge < -0.3 is 0 Å². The summed E-state index contributed by atoms with van der Waals surface area (Å²) in [5.41, 5.74) is 0. The van der Waals surface area contributed by atoms with Gasteiger partial charge in [-0.1, -0.05) is 18.2 Å². The summed E-state index contributed by atoms with van der Waals surface area (Å²) in [7, 11) is 0. The Kier molecular flexibility index (Phi) is 3.36. The SMILES string of the molecule is FC(F)C(F)(F)OC1(Br)C=CC=CC1. The smallest absolute Gasteiger partial charge is 0.293 e. The minimum Gasteiger partial charge on any atom is -0.293 e. The summed E-state index contributed by atoms with van der Waals surface area (Å²) in [6, 6.07) is 0. The molecule has 0 spiro atoms. The maximum atomic E-state index is 12.5. The molecular weight excluding hydrogens is 268 g/mol. The van der Waals surface area contributed by atoms with Gasteiger partial charge >= 0.3 is 12.5 Å². The summed E-state index contributed by atoms with van der Waals surface area (Å²) in [5.74, 6) is 0. The van der Waals surface area contributed by atoms with Gasteiger partial charge in [0.2, 0.25) is 0 Å². The quantitative estimate of drug-likeness (QED) is 0.566. The molecule has 0 aliphatic heterocycles. The molecule has 1 nitrogen and oxygen atoms in total. The molecule has 0 aromatic heterocycles. The molecule has 0 amide bonds. The van der Waals surface area contributed by atoms with Crippen molar-refractivity contribution in [2.75, 3.05) is 0 Å². The van der Waals surface area contributed by atoms with E-state index in [4.69, 9.17) is 0 Å². The Labute approximate surface area is 86.6 Å². The van der Waals surface area contributed by atoms with Gasteiger partial charge in [0.15, 0.2) is 4.51 Å². The van der Waals surface area contributed by atoms with Crippen molar-refractivity contribution in [2.24, 2.45) is 0 Å². The highest BCUT2D eigenvalue weighted by Gasteiger charge is 2.48. The van der Waals surface area contributed by atoms with Crippen LogP contribution in [0, 0.1) is 0 Å². The van der Waals surface area contributed by atoms with Gasteiger partial charge in [0.25, 0.3) is 0 Å². The number of ether oxygens (including phenoxy) is 1. The van der Waals surface area contributed by atoms with Gasteiger partial charge in [-0.15, -0.1) is 0 Å². The third-order valence-electron chi connectivity index (χ3n) is 1.55. The summed E-state index contributed by atoms with van der Waals surface area (Å²) < 4.78 is 51.1. The number of hydrogen-bond acceptors (Lipinski definition) is 1. The normalized spacial score (nSPS) is 27.3. The highest BCUT2D eigenvalue weighted by atomic mass is 79.9. The Morgan fingerprint density at radius 1 is 1.36 bits per heavy atom. The van der Waals surface area contributed by atoms with E-state index in [0.717, 1.165) is 0 Å². The van der Waals surface area contributed by atoms with Crippen LogP contribution in [-0.4, -0.2) is 17.0 Å². The molecule has 1 aliphatic rings. The molecule has 0 bridgehead atoms. The first kappa shape index (κ1) is 11.7. The summed E-state index contributed by atoms with van der Waals surface area (Å²) in [5, 5.41) is 0. The van der Waals surface area contributed by atoms with E-state index in [-0.39, 0.29) is 6.42 Å². The average molecular weight is 275 g/mol. The third-order valence-corrected chi connectivity index (χ3v) is 2.30. The third kappa shape index (κ3) is 2.81. The summed E-state index contributed by atoms with van der Waals surface area (Å²) >= 11 is 2.83. The molecule has 14 heavy (non-hydrogen) atoms. The minimum atomic E-state index is -4.45. The van der Waals surface area contributed by atoms with Crippen molar-refractivity contribution in [1.29, 1.82) is 0 Å². The maximum absolute atomic E-state index is 12.5. The maximum Gasteiger partial charge on any atom is 0.418 e. The lowest BCUT2D eigenvalue weighted by Gasteiger charge is -2.29. The van der Waals surface area contributed by atoms with Gasteiger partial charge in [0.05, 0.1) is 0 Å². The first-order valence-electron chi connectivity index (χ1n) is 3.75. The van der Waals surface area contributed by atoms with Gasteiger partial charge in [0, 0.05) is 6.42 Å². The largest absolute Gasteiger partial charge is 0.418 e. The molecule has 1 unspecified atom stereocenters. The Balaban J connectivity index is 2.68. The van der Waals surface area contributed by atoms with E-state index in [1.54, 1.807) is 6.08 Å². The first-order valence-corrected chi connectivity index (χ1v) is 4.54. The molecule has 1 aliphatic carbocycles. The van der Waals surface area contributed by atoms with Crippen molar-refractivity contribution < 1.29 is 22.3 Å². The second kappa shape index (κ2) is 4.02. The van der Waals surface area contributed by atoms with Crippen LogP contribution >= 0.6 is 15.9 Å². The number of allylic oxidation sites excluding steroid dienone is 2. The Hall–Kier alpha value is -0.360. The molecule has 0 N–H and O–H groups in total. The summed E-state index contributed by atoms with van der Waals surface area (Å²) in [4.78, 5) is 0. The van der Waals surface area contributed by atoms with E-state index >= 15 is 0 Å². The number of alkyl halides is 5. The molecule has 0 fully saturated rings. The Morgan fingerprint density at radius 2 is 2.00 bits per heavy atom. The van der Waals surface area contributed by atoms with E-state index in [9.17, 15) is 17.6 Å². The van der Waals surface area contributed by atoms with E-state index in [1.165, 1.54) is 18.2 Å². The van der Waals surface area contributed by atoms with Gasteiger partial charge in [-0.3, -0.25) is 4.74 Å². The topological polar surface area (TPSA) is 9.23 Å². The van der Waals surface area contributed by atoms with Crippen LogP contribution in [0.3, 0.4) is 0 Å². The summed E-state index contributed by atoms with van der Waals surface area (Å²) in [6.45, 7) is 0. The van der Waals surface area contributed by atoms with Crippen LogP contribution in [0.4, 0.5) is 17.6 Å². The van der Waals surface area contributed by atoms with Gasteiger partial charge in [-0.2, -0.15) is 8.78 Å². The second-order valence-electron chi connectivity index (χ2n) is 2.74. The van der Waals surface area contributed by atoms with Gasteiger partial charge in [0.1, 0.15) is 0 Å². The lowest BCUT2D eigenvalue weighted by molar-refractivity contribution is -0.316. The molecule has 1 atom stereocenters.